The maximum Gasteiger partial charge on any atom is 1.00 e. The van der Waals surface area contributed by atoms with Gasteiger partial charge in [-0.3, -0.25) is 15.7 Å². The molecule has 4 rings (SSSR count). The number of rotatable bonds is 8. The van der Waals surface area contributed by atoms with Crippen LogP contribution in [0.15, 0.2) is 129 Å². The molecule has 0 heterocycles. The molecule has 0 fully saturated rings. The van der Waals surface area contributed by atoms with Crippen molar-refractivity contribution in [3.8, 4) is 0 Å². The number of benzene rings is 2. The quantitative estimate of drug-likeness (QED) is 0.0696. The predicted molar refractivity (Wildman–Crippen MR) is 142 cm³/mol. The third kappa shape index (κ3) is 11.6. The second kappa shape index (κ2) is 20.1. The minimum Gasteiger partial charge on any atom is -1.00 e. The maximum atomic E-state index is 4.68. The average molecular weight is 923 g/mol. The van der Waals surface area contributed by atoms with Crippen LogP contribution < -0.4 is 24.8 Å². The first-order valence-corrected chi connectivity index (χ1v) is 12.3. The van der Waals surface area contributed by atoms with E-state index < -0.39 is 0 Å². The van der Waals surface area contributed by atoms with Crippen LogP contribution in [0.25, 0.3) is 0 Å². The number of hydrogen-bond acceptors (Lipinski definition) is 3. The zero-order valence-corrected chi connectivity index (χ0v) is 33.8. The van der Waals surface area contributed by atoms with E-state index in [1.807, 2.05) is 85.6 Å². The summed E-state index contributed by atoms with van der Waals surface area (Å²) in [6.45, 7) is 0. The third-order valence-corrected chi connectivity index (χ3v) is 6.86. The van der Waals surface area contributed by atoms with Crippen molar-refractivity contribution in [2.75, 3.05) is 11.5 Å². The number of thioether (sulfide) groups is 1. The normalized spacial score (nSPS) is 14.6. The van der Waals surface area contributed by atoms with E-state index in [0.29, 0.717) is 0 Å². The summed E-state index contributed by atoms with van der Waals surface area (Å²) >= 11 is 3.61. The number of nitrogens with zero attached hydrogens (tertiary/aromatic N) is 2. The Morgan fingerprint density at radius 1 is 0.833 bits per heavy atom. The Hall–Kier alpha value is -0.940. The molecule has 2 nitrogen and oxygen atoms in total. The third-order valence-electron chi connectivity index (χ3n) is 4.51. The van der Waals surface area contributed by atoms with Gasteiger partial charge in [-0.2, -0.15) is 11.8 Å². The molecular formula is C28H22Cl2Hg2N2S2. The van der Waals surface area contributed by atoms with E-state index in [-0.39, 0.29) is 80.2 Å². The summed E-state index contributed by atoms with van der Waals surface area (Å²) in [6, 6.07) is 20.3. The molecule has 2 aliphatic rings. The smallest absolute Gasteiger partial charge is 1.00 e. The van der Waals surface area contributed by atoms with Gasteiger partial charge in [-0.15, -0.1) is 24.3 Å². The molecule has 0 bridgehead atoms. The first-order chi connectivity index (χ1) is 15.9. The van der Waals surface area contributed by atoms with Crippen LogP contribution in [0.2, 0.25) is 0 Å². The Morgan fingerprint density at radius 2 is 1.47 bits per heavy atom. The zero-order chi connectivity index (χ0) is 21.8. The minimum atomic E-state index is 0. The fourth-order valence-electron chi connectivity index (χ4n) is 2.93. The van der Waals surface area contributed by atoms with Crippen molar-refractivity contribution in [3.05, 3.63) is 136 Å². The van der Waals surface area contributed by atoms with E-state index in [1.165, 1.54) is 0 Å². The molecule has 0 spiro atoms. The standard InChI is InChI=1S/C28H22N2S2.2ClH.2Hg/c1-3-11-23(12-4-1)21-29-25-15-7-9-17-27(25)31-19-20-32-28-18-10-8-16-26(28)30-22-24-13-5-2-6-14-24;;;;/h1-8,11-18,21-22H,19-20H2;2*1H;;/q;;;2*+1/p-2. The summed E-state index contributed by atoms with van der Waals surface area (Å²) in [5.74, 6) is 1.93. The molecule has 2 aromatic carbocycles. The van der Waals surface area contributed by atoms with Crippen molar-refractivity contribution in [3.63, 3.8) is 0 Å². The molecule has 0 aliphatic heterocycles. The molecule has 0 unspecified atom stereocenters. The second-order valence-electron chi connectivity index (χ2n) is 6.82. The molecule has 0 N–H and O–H groups in total. The van der Waals surface area contributed by atoms with Gasteiger partial charge in [-0.25, -0.2) is 0 Å². The monoisotopic (exact) mass is 924 g/mol. The van der Waals surface area contributed by atoms with Crippen LogP contribution in [-0.4, -0.2) is 28.8 Å². The predicted octanol–water partition coefficient (Wildman–Crippen LogP) is -0.0346. The van der Waals surface area contributed by atoms with Gasteiger partial charge in [0.05, 0.1) is 0 Å². The molecule has 2 aromatic rings. The van der Waals surface area contributed by atoms with Gasteiger partial charge >= 0.3 is 55.3 Å². The topological polar surface area (TPSA) is 24.7 Å². The Morgan fingerprint density at radius 3 is 2.14 bits per heavy atom. The fourth-order valence-corrected chi connectivity index (χ4v) is 4.87. The largest absolute Gasteiger partial charge is 1.00 e. The molecule has 2 radical (unpaired) electrons. The van der Waals surface area contributed by atoms with Crippen molar-refractivity contribution in [2.45, 2.75) is 0 Å². The number of halogens is 2. The zero-order valence-electron chi connectivity index (χ0n) is 19.7. The van der Waals surface area contributed by atoms with E-state index in [2.05, 4.69) is 45.7 Å². The van der Waals surface area contributed by atoms with E-state index in [4.69, 9.17) is 0 Å². The van der Waals surface area contributed by atoms with Crippen molar-refractivity contribution >= 4 is 40.4 Å². The molecule has 0 aromatic heterocycles. The summed E-state index contributed by atoms with van der Waals surface area (Å²) in [5, 5.41) is 0. The molecular weight excluding hydrogens is 901 g/mol. The number of allylic oxidation sites excluding steroid dienone is 4. The number of hydrogen-bond donors (Lipinski definition) is 0. The van der Waals surface area contributed by atoms with Crippen LogP contribution in [0.5, 0.6) is 0 Å². The Labute approximate surface area is 275 Å². The van der Waals surface area contributed by atoms with Gasteiger partial charge in [-0.1, -0.05) is 65.6 Å². The molecule has 2 aliphatic carbocycles. The molecule has 0 amide bonds. The number of aliphatic imine (C=N–C) groups is 2. The second-order valence-corrected chi connectivity index (χ2v) is 9.10. The van der Waals surface area contributed by atoms with Gasteiger partial charge in [0, 0.05) is 24.3 Å². The van der Waals surface area contributed by atoms with Gasteiger partial charge in [0.25, 0.3) is 4.86 Å². The van der Waals surface area contributed by atoms with Gasteiger partial charge in [0.1, 0.15) is 5.70 Å². The first kappa shape index (κ1) is 35.1. The van der Waals surface area contributed by atoms with E-state index in [0.717, 1.165) is 43.8 Å². The van der Waals surface area contributed by atoms with Crippen LogP contribution in [0.3, 0.4) is 0 Å². The first-order valence-electron chi connectivity index (χ1n) is 10.3. The van der Waals surface area contributed by atoms with Crippen LogP contribution in [0.1, 0.15) is 11.1 Å². The van der Waals surface area contributed by atoms with Crippen molar-refractivity contribution in [2.24, 2.45) is 9.98 Å². The van der Waals surface area contributed by atoms with E-state index in [9.17, 15) is 0 Å². The SMILES string of the molecule is C1=CC=C(N=Cc2ccccc2)C(=[S+]CCSC2=C(N=Cc3ccccc3)[CH-]C=C=C2)C=1.[Cl-].[Cl-].[Hg+].[Hg+]. The summed E-state index contributed by atoms with van der Waals surface area (Å²) in [4.78, 5) is 11.6. The van der Waals surface area contributed by atoms with Crippen molar-refractivity contribution < 1.29 is 80.2 Å². The van der Waals surface area contributed by atoms with E-state index in [1.54, 1.807) is 23.1 Å². The maximum absolute atomic E-state index is 4.68. The molecule has 0 saturated carbocycles. The fraction of sp³-hybridized carbons (Fsp3) is 0.0714. The molecule has 174 valence electrons. The minimum absolute atomic E-state index is 0. The van der Waals surface area contributed by atoms with E-state index >= 15 is 0 Å². The summed E-state index contributed by atoms with van der Waals surface area (Å²) in [7, 11) is 0. The Kier molecular flexibility index (Phi) is 19.6. The van der Waals surface area contributed by atoms with Crippen LogP contribution >= 0.6 is 11.8 Å². The van der Waals surface area contributed by atoms with Crippen molar-refractivity contribution in [1.82, 2.24) is 0 Å². The van der Waals surface area contributed by atoms with Crippen LogP contribution in [-0.2, 0) is 66.7 Å². The average Bonchev–Trinajstić information content (AvgIpc) is 2.86. The summed E-state index contributed by atoms with van der Waals surface area (Å²) in [5.41, 5.74) is 10.5. The molecule has 0 atom stereocenters. The Balaban J connectivity index is 0.00000306. The van der Waals surface area contributed by atoms with Crippen LogP contribution in [0, 0.1) is 6.42 Å². The van der Waals surface area contributed by atoms with Gasteiger partial charge in [-0.05, 0) is 29.0 Å². The van der Waals surface area contributed by atoms with Gasteiger partial charge in [0.2, 0.25) is 0 Å². The van der Waals surface area contributed by atoms with Crippen molar-refractivity contribution in [1.29, 1.82) is 0 Å². The van der Waals surface area contributed by atoms with Gasteiger partial charge < -0.3 is 24.8 Å². The molecule has 0 saturated heterocycles. The Bertz CT molecular complexity index is 1240. The summed E-state index contributed by atoms with van der Waals surface area (Å²) < 4.78 is 0. The van der Waals surface area contributed by atoms with Gasteiger partial charge in [0.15, 0.2) is 17.1 Å². The van der Waals surface area contributed by atoms with Crippen LogP contribution in [0.4, 0.5) is 0 Å². The summed E-state index contributed by atoms with van der Waals surface area (Å²) in [6.07, 6.45) is 15.7. The molecule has 36 heavy (non-hydrogen) atoms. The molecule has 8 heteroatoms.